The number of nitrogens with zero attached hydrogens (tertiary/aromatic N) is 2. The minimum atomic E-state index is -0.175. The number of carbonyl (C=O) groups excluding carboxylic acids is 1. The second kappa shape index (κ2) is 9.15. The van der Waals surface area contributed by atoms with Crippen LogP contribution in [0.1, 0.15) is 33.1 Å². The number of rotatable bonds is 6. The van der Waals surface area contributed by atoms with Crippen molar-refractivity contribution in [2.75, 3.05) is 45.9 Å². The first-order valence-corrected chi connectivity index (χ1v) is 7.38. The summed E-state index contributed by atoms with van der Waals surface area (Å²) in [6.07, 6.45) is 2.70. The molecule has 1 heterocycles. The standard InChI is InChI=1S/C14H28N2O3/c1-13(2)12-19-14(18)16-8-5-7-15(9-10-16)6-3-4-11-17/h13,17H,3-12H2,1-2H3. The zero-order valence-corrected chi connectivity index (χ0v) is 12.3. The summed E-state index contributed by atoms with van der Waals surface area (Å²) < 4.78 is 5.27. The number of hydrogen-bond donors (Lipinski definition) is 1. The molecule has 0 radical (unpaired) electrons. The predicted octanol–water partition coefficient (Wildman–Crippen LogP) is 1.56. The summed E-state index contributed by atoms with van der Waals surface area (Å²) >= 11 is 0. The molecule has 1 N–H and O–H groups in total. The second-order valence-electron chi connectivity index (χ2n) is 5.58. The van der Waals surface area contributed by atoms with Gasteiger partial charge in [0.25, 0.3) is 0 Å². The summed E-state index contributed by atoms with van der Waals surface area (Å²) in [5.74, 6) is 0.380. The van der Waals surface area contributed by atoms with Gasteiger partial charge >= 0.3 is 6.09 Å². The lowest BCUT2D eigenvalue weighted by atomic mass is 10.2. The molecule has 0 bridgehead atoms. The van der Waals surface area contributed by atoms with Crippen LogP contribution in [0.4, 0.5) is 4.79 Å². The maximum absolute atomic E-state index is 11.9. The third kappa shape index (κ3) is 6.78. The van der Waals surface area contributed by atoms with Crippen molar-refractivity contribution >= 4 is 6.09 Å². The van der Waals surface area contributed by atoms with E-state index in [9.17, 15) is 4.79 Å². The van der Waals surface area contributed by atoms with E-state index in [1.165, 1.54) is 0 Å². The molecular weight excluding hydrogens is 244 g/mol. The SMILES string of the molecule is CC(C)COC(=O)N1CCCN(CCCCO)CC1. The Morgan fingerprint density at radius 2 is 2.00 bits per heavy atom. The fourth-order valence-corrected chi connectivity index (χ4v) is 2.15. The number of hydrogen-bond acceptors (Lipinski definition) is 4. The first-order chi connectivity index (χ1) is 9.13. The van der Waals surface area contributed by atoms with Crippen LogP contribution in [0, 0.1) is 5.92 Å². The topological polar surface area (TPSA) is 53.0 Å². The highest BCUT2D eigenvalue weighted by Crippen LogP contribution is 2.07. The van der Waals surface area contributed by atoms with Crippen LogP contribution in [0.25, 0.3) is 0 Å². The van der Waals surface area contributed by atoms with Crippen LogP contribution in [0.5, 0.6) is 0 Å². The molecule has 1 saturated heterocycles. The zero-order valence-electron chi connectivity index (χ0n) is 12.3. The van der Waals surface area contributed by atoms with Crippen molar-refractivity contribution in [3.05, 3.63) is 0 Å². The fourth-order valence-electron chi connectivity index (χ4n) is 2.15. The van der Waals surface area contributed by atoms with Gasteiger partial charge < -0.3 is 19.6 Å². The number of ether oxygens (including phenoxy) is 1. The highest BCUT2D eigenvalue weighted by atomic mass is 16.6. The van der Waals surface area contributed by atoms with Gasteiger partial charge in [-0.15, -0.1) is 0 Å². The van der Waals surface area contributed by atoms with E-state index >= 15 is 0 Å². The lowest BCUT2D eigenvalue weighted by Crippen LogP contribution is -2.36. The van der Waals surface area contributed by atoms with Gasteiger partial charge in [0.1, 0.15) is 0 Å². The Bertz CT molecular complexity index is 259. The number of amides is 1. The molecule has 0 aromatic heterocycles. The largest absolute Gasteiger partial charge is 0.449 e. The van der Waals surface area contributed by atoms with Crippen LogP contribution in [0.3, 0.4) is 0 Å². The molecule has 112 valence electrons. The van der Waals surface area contributed by atoms with Crippen molar-refractivity contribution < 1.29 is 14.6 Å². The minimum Gasteiger partial charge on any atom is -0.449 e. The van der Waals surface area contributed by atoms with Gasteiger partial charge in [0.15, 0.2) is 0 Å². The van der Waals surface area contributed by atoms with Crippen LogP contribution in [0.15, 0.2) is 0 Å². The fraction of sp³-hybridized carbons (Fsp3) is 0.929. The Labute approximate surface area is 116 Å². The molecule has 1 amide bonds. The van der Waals surface area contributed by atoms with Crippen LogP contribution < -0.4 is 0 Å². The Morgan fingerprint density at radius 3 is 2.68 bits per heavy atom. The van der Waals surface area contributed by atoms with Gasteiger partial charge in [0.05, 0.1) is 6.61 Å². The highest BCUT2D eigenvalue weighted by molar-refractivity contribution is 5.67. The third-order valence-corrected chi connectivity index (χ3v) is 3.27. The van der Waals surface area contributed by atoms with Crippen molar-refractivity contribution in [1.29, 1.82) is 0 Å². The zero-order chi connectivity index (χ0) is 14.1. The first kappa shape index (κ1) is 16.2. The van der Waals surface area contributed by atoms with Crippen LogP contribution in [-0.2, 0) is 4.74 Å². The van der Waals surface area contributed by atoms with Crippen molar-refractivity contribution in [3.63, 3.8) is 0 Å². The summed E-state index contributed by atoms with van der Waals surface area (Å²) in [6.45, 7) is 9.31. The Kier molecular flexibility index (Phi) is 7.82. The molecule has 19 heavy (non-hydrogen) atoms. The smallest absolute Gasteiger partial charge is 0.409 e. The first-order valence-electron chi connectivity index (χ1n) is 7.38. The molecular formula is C14H28N2O3. The molecule has 0 atom stereocenters. The molecule has 0 aliphatic carbocycles. The second-order valence-corrected chi connectivity index (χ2v) is 5.58. The molecule has 5 heteroatoms. The maximum atomic E-state index is 11.9. The van der Waals surface area contributed by atoms with E-state index in [1.807, 2.05) is 18.7 Å². The Balaban J connectivity index is 2.26. The van der Waals surface area contributed by atoms with Gasteiger partial charge in [-0.25, -0.2) is 4.79 Å². The summed E-state index contributed by atoms with van der Waals surface area (Å²) in [6, 6.07) is 0. The molecule has 1 fully saturated rings. The Hall–Kier alpha value is -0.810. The number of carbonyl (C=O) groups is 1. The lowest BCUT2D eigenvalue weighted by molar-refractivity contribution is 0.0930. The predicted molar refractivity (Wildman–Crippen MR) is 75.1 cm³/mol. The van der Waals surface area contributed by atoms with Crippen molar-refractivity contribution in [1.82, 2.24) is 9.80 Å². The van der Waals surface area contributed by atoms with Gasteiger partial charge in [-0.05, 0) is 38.3 Å². The van der Waals surface area contributed by atoms with E-state index in [4.69, 9.17) is 9.84 Å². The monoisotopic (exact) mass is 272 g/mol. The Morgan fingerprint density at radius 1 is 1.21 bits per heavy atom. The van der Waals surface area contributed by atoms with E-state index in [-0.39, 0.29) is 12.7 Å². The molecule has 1 aliphatic rings. The number of aliphatic hydroxyl groups excluding tert-OH is 1. The van der Waals surface area contributed by atoms with Gasteiger partial charge in [0.2, 0.25) is 0 Å². The molecule has 0 spiro atoms. The molecule has 1 aliphatic heterocycles. The highest BCUT2D eigenvalue weighted by Gasteiger charge is 2.19. The van der Waals surface area contributed by atoms with Gasteiger partial charge in [-0.3, -0.25) is 0 Å². The molecule has 0 aromatic rings. The van der Waals surface area contributed by atoms with E-state index in [1.54, 1.807) is 0 Å². The van der Waals surface area contributed by atoms with Crippen molar-refractivity contribution in [2.24, 2.45) is 5.92 Å². The third-order valence-electron chi connectivity index (χ3n) is 3.27. The maximum Gasteiger partial charge on any atom is 0.409 e. The summed E-state index contributed by atoms with van der Waals surface area (Å²) in [5.41, 5.74) is 0. The minimum absolute atomic E-state index is 0.175. The molecule has 1 rings (SSSR count). The van der Waals surface area contributed by atoms with Crippen LogP contribution >= 0.6 is 0 Å². The van der Waals surface area contributed by atoms with E-state index < -0.39 is 0 Å². The molecule has 0 aromatic carbocycles. The lowest BCUT2D eigenvalue weighted by Gasteiger charge is -2.22. The molecule has 5 nitrogen and oxygen atoms in total. The summed E-state index contributed by atoms with van der Waals surface area (Å²) in [7, 11) is 0. The number of aliphatic hydroxyl groups is 1. The quantitative estimate of drug-likeness (QED) is 0.746. The van der Waals surface area contributed by atoms with Crippen LogP contribution in [0.2, 0.25) is 0 Å². The summed E-state index contributed by atoms with van der Waals surface area (Å²) in [4.78, 5) is 16.1. The molecule has 0 saturated carbocycles. The van der Waals surface area contributed by atoms with Gasteiger partial charge in [0, 0.05) is 26.2 Å². The van der Waals surface area contributed by atoms with Crippen molar-refractivity contribution in [3.8, 4) is 0 Å². The van der Waals surface area contributed by atoms with E-state index in [2.05, 4.69) is 4.90 Å². The summed E-state index contributed by atoms with van der Waals surface area (Å²) in [5, 5.41) is 8.78. The molecule has 0 unspecified atom stereocenters. The van der Waals surface area contributed by atoms with Crippen LogP contribution in [-0.4, -0.2) is 66.9 Å². The van der Waals surface area contributed by atoms with E-state index in [0.717, 1.165) is 52.0 Å². The number of unbranched alkanes of at least 4 members (excludes halogenated alkanes) is 1. The van der Waals surface area contributed by atoms with Crippen molar-refractivity contribution in [2.45, 2.75) is 33.1 Å². The normalized spacial score (nSPS) is 17.6. The average Bonchev–Trinajstić information content (AvgIpc) is 2.62. The average molecular weight is 272 g/mol. The van der Waals surface area contributed by atoms with Gasteiger partial charge in [-0.2, -0.15) is 0 Å². The van der Waals surface area contributed by atoms with Gasteiger partial charge in [-0.1, -0.05) is 13.8 Å². The van der Waals surface area contributed by atoms with E-state index in [0.29, 0.717) is 12.5 Å².